The van der Waals surface area contributed by atoms with Crippen LogP contribution in [0.1, 0.15) is 11.1 Å². The molecule has 0 aliphatic carbocycles. The van der Waals surface area contributed by atoms with Crippen LogP contribution in [-0.2, 0) is 0 Å². The van der Waals surface area contributed by atoms with E-state index in [1.54, 1.807) is 16.9 Å². The second-order valence-electron chi connectivity index (χ2n) is 4.50. The summed E-state index contributed by atoms with van der Waals surface area (Å²) in [5.41, 5.74) is 9.45. The fourth-order valence-electron chi connectivity index (χ4n) is 2.06. The van der Waals surface area contributed by atoms with E-state index in [-0.39, 0.29) is 5.95 Å². The first-order valence-corrected chi connectivity index (χ1v) is 5.83. The number of phenols is 1. The smallest absolute Gasteiger partial charge is 0.240 e. The molecule has 0 unspecified atom stereocenters. The van der Waals surface area contributed by atoms with Crippen molar-refractivity contribution in [2.45, 2.75) is 13.8 Å². The van der Waals surface area contributed by atoms with Crippen LogP contribution in [0.4, 0.5) is 5.95 Å². The number of phenolic OH excluding ortho intramolecular Hbond substituents is 1. The Hall–Kier alpha value is -2.63. The third-order valence-corrected chi connectivity index (χ3v) is 3.02. The molecule has 0 radical (unpaired) electrons. The predicted molar refractivity (Wildman–Crippen MR) is 71.8 cm³/mol. The number of anilines is 1. The van der Waals surface area contributed by atoms with Crippen molar-refractivity contribution >= 4 is 11.6 Å². The largest absolute Gasteiger partial charge is 0.507 e. The molecule has 96 valence electrons. The lowest BCUT2D eigenvalue weighted by atomic mass is 10.0. The van der Waals surface area contributed by atoms with Crippen molar-refractivity contribution in [3.05, 3.63) is 35.7 Å². The van der Waals surface area contributed by atoms with E-state index >= 15 is 0 Å². The molecule has 0 saturated carbocycles. The number of nitrogen functional groups attached to an aromatic ring is 1. The molecule has 3 N–H and O–H groups in total. The van der Waals surface area contributed by atoms with Crippen LogP contribution >= 0.6 is 0 Å². The topological polar surface area (TPSA) is 89.3 Å². The SMILES string of the molecule is Cc1cc(-c2cn3nc(N)nc3cn2)cc(C)c1O. The Labute approximate surface area is 109 Å². The van der Waals surface area contributed by atoms with Crippen LogP contribution in [-0.4, -0.2) is 24.7 Å². The number of aryl methyl sites for hydroxylation is 2. The van der Waals surface area contributed by atoms with Crippen molar-refractivity contribution in [3.63, 3.8) is 0 Å². The quantitative estimate of drug-likeness (QED) is 0.690. The molecule has 2 aromatic heterocycles. The maximum atomic E-state index is 9.79. The minimum absolute atomic E-state index is 0.219. The number of aromatic nitrogens is 4. The van der Waals surface area contributed by atoms with Gasteiger partial charge in [0.2, 0.25) is 5.95 Å². The number of benzene rings is 1. The summed E-state index contributed by atoms with van der Waals surface area (Å²) in [7, 11) is 0. The standard InChI is InChI=1S/C13H13N5O/c1-7-3-9(4-8(2)12(7)19)10-6-18-11(5-15-10)16-13(14)17-18/h3-6,19H,1-2H3,(H2,14,17). The minimum atomic E-state index is 0.219. The molecular weight excluding hydrogens is 242 g/mol. The van der Waals surface area contributed by atoms with E-state index in [0.717, 1.165) is 22.4 Å². The number of rotatable bonds is 1. The summed E-state index contributed by atoms with van der Waals surface area (Å²) in [6.07, 6.45) is 3.39. The number of fused-ring (bicyclic) bond motifs is 1. The second kappa shape index (κ2) is 3.94. The zero-order valence-corrected chi connectivity index (χ0v) is 10.6. The van der Waals surface area contributed by atoms with Crippen molar-refractivity contribution in [2.24, 2.45) is 0 Å². The van der Waals surface area contributed by atoms with E-state index in [2.05, 4.69) is 15.1 Å². The Kier molecular flexibility index (Phi) is 2.38. The monoisotopic (exact) mass is 255 g/mol. The van der Waals surface area contributed by atoms with Gasteiger partial charge in [0.05, 0.1) is 18.1 Å². The molecule has 0 aliphatic heterocycles. The summed E-state index contributed by atoms with van der Waals surface area (Å²) in [6.45, 7) is 3.72. The van der Waals surface area contributed by atoms with E-state index in [0.29, 0.717) is 11.4 Å². The lowest BCUT2D eigenvalue weighted by Gasteiger charge is -2.07. The summed E-state index contributed by atoms with van der Waals surface area (Å²) >= 11 is 0. The van der Waals surface area contributed by atoms with Gasteiger partial charge >= 0.3 is 0 Å². The van der Waals surface area contributed by atoms with Crippen molar-refractivity contribution in [1.29, 1.82) is 0 Å². The minimum Gasteiger partial charge on any atom is -0.507 e. The number of hydrogen-bond acceptors (Lipinski definition) is 5. The Morgan fingerprint density at radius 2 is 1.89 bits per heavy atom. The van der Waals surface area contributed by atoms with Crippen LogP contribution in [0.25, 0.3) is 16.9 Å². The van der Waals surface area contributed by atoms with Gasteiger partial charge < -0.3 is 10.8 Å². The fourth-order valence-corrected chi connectivity index (χ4v) is 2.06. The highest BCUT2D eigenvalue weighted by Crippen LogP contribution is 2.28. The lowest BCUT2D eigenvalue weighted by Crippen LogP contribution is -1.94. The maximum Gasteiger partial charge on any atom is 0.240 e. The summed E-state index contributed by atoms with van der Waals surface area (Å²) in [5.74, 6) is 0.534. The van der Waals surface area contributed by atoms with Gasteiger partial charge in [0.25, 0.3) is 0 Å². The predicted octanol–water partition coefficient (Wildman–Crippen LogP) is 1.70. The number of hydrogen-bond donors (Lipinski definition) is 2. The average Bonchev–Trinajstić information content (AvgIpc) is 2.74. The molecule has 3 aromatic rings. The van der Waals surface area contributed by atoms with Crippen molar-refractivity contribution in [1.82, 2.24) is 19.6 Å². The third-order valence-electron chi connectivity index (χ3n) is 3.02. The highest BCUT2D eigenvalue weighted by molar-refractivity contribution is 5.64. The molecule has 0 aliphatic rings. The molecule has 6 nitrogen and oxygen atoms in total. The summed E-state index contributed by atoms with van der Waals surface area (Å²) in [5, 5.41) is 13.8. The number of nitrogens with two attached hydrogens (primary N) is 1. The van der Waals surface area contributed by atoms with Crippen LogP contribution in [0.2, 0.25) is 0 Å². The zero-order chi connectivity index (χ0) is 13.6. The molecule has 6 heteroatoms. The molecular formula is C13H13N5O. The normalized spacial score (nSPS) is 11.1. The first kappa shape index (κ1) is 11.5. The fraction of sp³-hybridized carbons (Fsp3) is 0.154. The first-order chi connectivity index (χ1) is 9.04. The summed E-state index contributed by atoms with van der Waals surface area (Å²) < 4.78 is 1.59. The molecule has 1 aromatic carbocycles. The molecule has 3 rings (SSSR count). The van der Waals surface area contributed by atoms with Crippen LogP contribution < -0.4 is 5.73 Å². The van der Waals surface area contributed by atoms with Crippen LogP contribution in [0, 0.1) is 13.8 Å². The van der Waals surface area contributed by atoms with E-state index < -0.39 is 0 Å². The van der Waals surface area contributed by atoms with E-state index in [1.165, 1.54) is 0 Å². The Balaban J connectivity index is 2.18. The Morgan fingerprint density at radius 3 is 2.58 bits per heavy atom. The molecule has 0 spiro atoms. The molecule has 0 bridgehead atoms. The Bertz CT molecular complexity index is 755. The van der Waals surface area contributed by atoms with Crippen LogP contribution in [0.15, 0.2) is 24.5 Å². The van der Waals surface area contributed by atoms with E-state index in [9.17, 15) is 5.11 Å². The van der Waals surface area contributed by atoms with E-state index in [4.69, 9.17) is 5.73 Å². The highest BCUT2D eigenvalue weighted by Gasteiger charge is 2.08. The first-order valence-electron chi connectivity index (χ1n) is 5.83. The van der Waals surface area contributed by atoms with Gasteiger partial charge in [-0.3, -0.25) is 4.98 Å². The van der Waals surface area contributed by atoms with Gasteiger partial charge in [-0.25, -0.2) is 4.52 Å². The second-order valence-corrected chi connectivity index (χ2v) is 4.50. The van der Waals surface area contributed by atoms with Gasteiger partial charge in [-0.1, -0.05) is 0 Å². The van der Waals surface area contributed by atoms with Gasteiger partial charge in [-0.2, -0.15) is 4.98 Å². The zero-order valence-electron chi connectivity index (χ0n) is 10.6. The Morgan fingerprint density at radius 1 is 1.21 bits per heavy atom. The van der Waals surface area contributed by atoms with Gasteiger partial charge in [-0.15, -0.1) is 5.10 Å². The maximum absolute atomic E-state index is 9.79. The van der Waals surface area contributed by atoms with Crippen molar-refractivity contribution in [3.8, 4) is 17.0 Å². The average molecular weight is 255 g/mol. The summed E-state index contributed by atoms with van der Waals surface area (Å²) in [4.78, 5) is 8.37. The molecule has 19 heavy (non-hydrogen) atoms. The molecule has 0 saturated heterocycles. The lowest BCUT2D eigenvalue weighted by molar-refractivity contribution is 0.467. The molecule has 0 atom stereocenters. The van der Waals surface area contributed by atoms with Crippen LogP contribution in [0.3, 0.4) is 0 Å². The van der Waals surface area contributed by atoms with Gasteiger partial charge in [0, 0.05) is 5.56 Å². The van der Waals surface area contributed by atoms with E-state index in [1.807, 2.05) is 26.0 Å². The molecule has 2 heterocycles. The number of aromatic hydroxyl groups is 1. The van der Waals surface area contributed by atoms with Crippen molar-refractivity contribution in [2.75, 3.05) is 5.73 Å². The molecule has 0 amide bonds. The van der Waals surface area contributed by atoms with Gasteiger partial charge in [-0.05, 0) is 37.1 Å². The van der Waals surface area contributed by atoms with Gasteiger partial charge in [0.1, 0.15) is 5.75 Å². The third kappa shape index (κ3) is 1.87. The van der Waals surface area contributed by atoms with Gasteiger partial charge in [0.15, 0.2) is 5.65 Å². The van der Waals surface area contributed by atoms with Crippen molar-refractivity contribution < 1.29 is 5.11 Å². The number of nitrogens with zero attached hydrogens (tertiary/aromatic N) is 4. The van der Waals surface area contributed by atoms with Crippen LogP contribution in [0.5, 0.6) is 5.75 Å². The molecule has 0 fully saturated rings. The highest BCUT2D eigenvalue weighted by atomic mass is 16.3. The summed E-state index contributed by atoms with van der Waals surface area (Å²) in [6, 6.07) is 3.77.